The van der Waals surface area contributed by atoms with Crippen LogP contribution in [-0.4, -0.2) is 34.4 Å². The first-order valence-corrected chi connectivity index (χ1v) is 10.4. The average molecular weight is 414 g/mol. The Kier molecular flexibility index (Phi) is 7.64. The summed E-state index contributed by atoms with van der Waals surface area (Å²) in [7, 11) is -1.97. The van der Waals surface area contributed by atoms with Gasteiger partial charge in [-0.2, -0.15) is 0 Å². The van der Waals surface area contributed by atoms with Crippen LogP contribution in [-0.2, 0) is 10.0 Å². The van der Waals surface area contributed by atoms with Gasteiger partial charge in [0.2, 0.25) is 10.0 Å². The van der Waals surface area contributed by atoms with Crippen molar-refractivity contribution in [2.75, 3.05) is 26.0 Å². The zero-order chi connectivity index (χ0) is 19.9. The minimum absolute atomic E-state index is 0.0574. The summed E-state index contributed by atoms with van der Waals surface area (Å²) in [5.41, 5.74) is 0.484. The highest BCUT2D eigenvalue weighted by Crippen LogP contribution is 2.28. The fourth-order valence-corrected chi connectivity index (χ4v) is 4.01. The van der Waals surface area contributed by atoms with Gasteiger partial charge in [0.1, 0.15) is 6.61 Å². The van der Waals surface area contributed by atoms with E-state index >= 15 is 0 Å². The standard InChI is InChI=1S/C18H20F2N2O3S2/c1-13(21-2)12-25-18-16(19)10-14(11-17(18)20)26-9-8-22-27(23,24)15-6-4-3-5-7-15/h3-7,10-11,21-22H,1,8-9,12H2,2H3. The van der Waals surface area contributed by atoms with Crippen molar-refractivity contribution in [2.24, 2.45) is 0 Å². The molecule has 2 aromatic rings. The normalized spacial score (nSPS) is 11.2. The molecule has 9 heteroatoms. The molecule has 0 heterocycles. The van der Waals surface area contributed by atoms with Gasteiger partial charge in [0.15, 0.2) is 17.4 Å². The number of sulfonamides is 1. The predicted octanol–water partition coefficient (Wildman–Crippen LogP) is 3.15. The molecule has 0 saturated carbocycles. The van der Waals surface area contributed by atoms with E-state index in [0.29, 0.717) is 16.3 Å². The molecule has 0 unspecified atom stereocenters. The summed E-state index contributed by atoms with van der Waals surface area (Å²) in [5.74, 6) is -1.82. The Morgan fingerprint density at radius 1 is 1.19 bits per heavy atom. The lowest BCUT2D eigenvalue weighted by molar-refractivity contribution is 0.306. The van der Waals surface area contributed by atoms with Crippen molar-refractivity contribution < 1.29 is 21.9 Å². The van der Waals surface area contributed by atoms with E-state index in [0.717, 1.165) is 23.9 Å². The number of nitrogens with one attached hydrogen (secondary N) is 2. The van der Waals surface area contributed by atoms with Crippen molar-refractivity contribution in [1.82, 2.24) is 10.0 Å². The minimum Gasteiger partial charge on any atom is -0.481 e. The number of hydrogen-bond donors (Lipinski definition) is 2. The molecule has 2 N–H and O–H groups in total. The molecule has 0 atom stereocenters. The van der Waals surface area contributed by atoms with Crippen molar-refractivity contribution in [3.05, 3.63) is 66.4 Å². The molecule has 0 aliphatic carbocycles. The third-order valence-electron chi connectivity index (χ3n) is 3.43. The average Bonchev–Trinajstić information content (AvgIpc) is 2.65. The largest absolute Gasteiger partial charge is 0.481 e. The van der Waals surface area contributed by atoms with Gasteiger partial charge in [-0.15, -0.1) is 11.8 Å². The van der Waals surface area contributed by atoms with Gasteiger partial charge in [0, 0.05) is 29.9 Å². The third kappa shape index (κ3) is 6.23. The fourth-order valence-electron chi connectivity index (χ4n) is 2.02. The quantitative estimate of drug-likeness (QED) is 0.462. The summed E-state index contributed by atoms with van der Waals surface area (Å²) in [6, 6.07) is 10.3. The lowest BCUT2D eigenvalue weighted by Crippen LogP contribution is -2.25. The molecular weight excluding hydrogens is 394 g/mol. The molecule has 0 bridgehead atoms. The second-order valence-corrected chi connectivity index (χ2v) is 8.35. The van der Waals surface area contributed by atoms with Gasteiger partial charge in [-0.3, -0.25) is 0 Å². The van der Waals surface area contributed by atoms with Crippen LogP contribution >= 0.6 is 11.8 Å². The van der Waals surface area contributed by atoms with Gasteiger partial charge in [-0.1, -0.05) is 24.8 Å². The van der Waals surface area contributed by atoms with Crippen LogP contribution in [0.4, 0.5) is 8.78 Å². The molecular formula is C18H20F2N2O3S2. The van der Waals surface area contributed by atoms with Crippen LogP contribution in [0.2, 0.25) is 0 Å². The maximum absolute atomic E-state index is 14.0. The van der Waals surface area contributed by atoms with E-state index < -0.39 is 27.4 Å². The Hall–Kier alpha value is -2.10. The summed E-state index contributed by atoms with van der Waals surface area (Å²) < 4.78 is 59.8. The summed E-state index contributed by atoms with van der Waals surface area (Å²) in [6.07, 6.45) is 0. The molecule has 0 saturated heterocycles. The van der Waals surface area contributed by atoms with Crippen LogP contribution in [0.1, 0.15) is 0 Å². The van der Waals surface area contributed by atoms with Gasteiger partial charge >= 0.3 is 0 Å². The molecule has 0 radical (unpaired) electrons. The van der Waals surface area contributed by atoms with Crippen molar-refractivity contribution in [3.63, 3.8) is 0 Å². The predicted molar refractivity (Wildman–Crippen MR) is 102 cm³/mol. The maximum atomic E-state index is 14.0. The fraction of sp³-hybridized carbons (Fsp3) is 0.222. The number of halogens is 2. The Labute approximate surface area is 161 Å². The zero-order valence-electron chi connectivity index (χ0n) is 14.7. The SMILES string of the molecule is C=C(COc1c(F)cc(SCCNS(=O)(=O)c2ccccc2)cc1F)NC. The number of thioether (sulfide) groups is 1. The molecule has 2 rings (SSSR count). The zero-order valence-corrected chi connectivity index (χ0v) is 16.3. The van der Waals surface area contributed by atoms with Crippen LogP contribution in [0, 0.1) is 11.6 Å². The van der Waals surface area contributed by atoms with Crippen LogP contribution in [0.25, 0.3) is 0 Å². The van der Waals surface area contributed by atoms with Crippen molar-refractivity contribution in [2.45, 2.75) is 9.79 Å². The summed E-state index contributed by atoms with van der Waals surface area (Å²) in [6.45, 7) is 3.67. The topological polar surface area (TPSA) is 67.4 Å². The molecule has 0 fully saturated rings. The number of rotatable bonds is 10. The van der Waals surface area contributed by atoms with Gasteiger partial charge in [-0.05, 0) is 24.3 Å². The second-order valence-electron chi connectivity index (χ2n) is 5.42. The van der Waals surface area contributed by atoms with E-state index in [1.807, 2.05) is 0 Å². The molecule has 0 aliphatic rings. The van der Waals surface area contributed by atoms with E-state index in [1.165, 1.54) is 12.1 Å². The monoisotopic (exact) mass is 414 g/mol. The minimum atomic E-state index is -3.60. The lowest BCUT2D eigenvalue weighted by atomic mass is 10.3. The molecule has 27 heavy (non-hydrogen) atoms. The van der Waals surface area contributed by atoms with E-state index in [9.17, 15) is 17.2 Å². The molecule has 146 valence electrons. The smallest absolute Gasteiger partial charge is 0.240 e. The highest BCUT2D eigenvalue weighted by molar-refractivity contribution is 7.99. The molecule has 0 aromatic heterocycles. The molecule has 2 aromatic carbocycles. The Morgan fingerprint density at radius 3 is 2.41 bits per heavy atom. The second kappa shape index (κ2) is 9.72. The first kappa shape index (κ1) is 21.2. The van der Waals surface area contributed by atoms with Gasteiger partial charge in [0.25, 0.3) is 0 Å². The maximum Gasteiger partial charge on any atom is 0.240 e. The molecule has 5 nitrogen and oxygen atoms in total. The first-order chi connectivity index (χ1) is 12.8. The van der Waals surface area contributed by atoms with Gasteiger partial charge < -0.3 is 10.1 Å². The molecule has 0 aliphatic heterocycles. The first-order valence-electron chi connectivity index (χ1n) is 7.98. The number of ether oxygens (including phenoxy) is 1. The van der Waals surface area contributed by atoms with Crippen LogP contribution in [0.15, 0.2) is 64.5 Å². The van der Waals surface area contributed by atoms with Gasteiger partial charge in [0.05, 0.1) is 4.90 Å². The Bertz CT molecular complexity index is 868. The van der Waals surface area contributed by atoms with E-state index in [1.54, 1.807) is 25.2 Å². The van der Waals surface area contributed by atoms with Crippen LogP contribution in [0.3, 0.4) is 0 Å². The highest BCUT2D eigenvalue weighted by atomic mass is 32.2. The summed E-state index contributed by atoms with van der Waals surface area (Å²) >= 11 is 1.13. The summed E-state index contributed by atoms with van der Waals surface area (Å²) in [4.78, 5) is 0.500. The van der Waals surface area contributed by atoms with Crippen molar-refractivity contribution in [1.29, 1.82) is 0 Å². The van der Waals surface area contributed by atoms with E-state index in [2.05, 4.69) is 16.6 Å². The number of likely N-dealkylation sites (N-methyl/N-ethyl adjacent to an activating group) is 1. The Balaban J connectivity index is 1.90. The number of hydrogen-bond acceptors (Lipinski definition) is 5. The molecule has 0 spiro atoms. The third-order valence-corrected chi connectivity index (χ3v) is 5.89. The van der Waals surface area contributed by atoms with Gasteiger partial charge in [-0.25, -0.2) is 21.9 Å². The molecule has 0 amide bonds. The van der Waals surface area contributed by atoms with Crippen molar-refractivity contribution in [3.8, 4) is 5.75 Å². The number of benzene rings is 2. The van der Waals surface area contributed by atoms with Crippen LogP contribution < -0.4 is 14.8 Å². The van der Waals surface area contributed by atoms with Crippen molar-refractivity contribution >= 4 is 21.8 Å². The Morgan fingerprint density at radius 2 is 1.81 bits per heavy atom. The van der Waals surface area contributed by atoms with E-state index in [4.69, 9.17) is 4.74 Å². The van der Waals surface area contributed by atoms with E-state index in [-0.39, 0.29) is 18.0 Å². The lowest BCUT2D eigenvalue weighted by Gasteiger charge is -2.11. The highest BCUT2D eigenvalue weighted by Gasteiger charge is 2.15. The van der Waals surface area contributed by atoms with Crippen LogP contribution in [0.5, 0.6) is 5.75 Å². The summed E-state index contributed by atoms with van der Waals surface area (Å²) in [5, 5.41) is 2.72.